The van der Waals surface area contributed by atoms with Gasteiger partial charge in [0.1, 0.15) is 0 Å². The normalized spacial score (nSPS) is 11.7. The van der Waals surface area contributed by atoms with Crippen LogP contribution >= 0.6 is 0 Å². The average molecular weight is 226 g/mol. The number of terminal acetylenes is 1. The maximum atomic E-state index is 11.2. The maximum absolute atomic E-state index is 11.2. The second-order valence-corrected chi connectivity index (χ2v) is 3.70. The third-order valence-electron chi connectivity index (χ3n) is 1.71. The smallest absolute Gasteiger partial charge is 0.306 e. The summed E-state index contributed by atoms with van der Waals surface area (Å²) in [5.74, 6) is 1.69. The van der Waals surface area contributed by atoms with Gasteiger partial charge >= 0.3 is 11.9 Å². The van der Waals surface area contributed by atoms with E-state index < -0.39 is 12.1 Å². The summed E-state index contributed by atoms with van der Waals surface area (Å²) in [6.07, 6.45) is 5.83. The molecule has 0 bridgehead atoms. The Bertz CT molecular complexity index is 275. The van der Waals surface area contributed by atoms with Gasteiger partial charge in [0.2, 0.25) is 0 Å². The zero-order valence-electron chi connectivity index (χ0n) is 9.99. The van der Waals surface area contributed by atoms with Gasteiger partial charge in [-0.1, -0.05) is 5.92 Å². The van der Waals surface area contributed by atoms with E-state index in [1.807, 2.05) is 0 Å². The van der Waals surface area contributed by atoms with Crippen LogP contribution in [0.2, 0.25) is 0 Å². The summed E-state index contributed by atoms with van der Waals surface area (Å²) in [6, 6.07) is 0. The molecule has 0 fully saturated rings. The predicted molar refractivity (Wildman–Crippen MR) is 59.5 cm³/mol. The van der Waals surface area contributed by atoms with E-state index in [2.05, 4.69) is 5.92 Å². The van der Waals surface area contributed by atoms with Crippen molar-refractivity contribution in [2.24, 2.45) is 0 Å². The van der Waals surface area contributed by atoms with Gasteiger partial charge in [-0.15, -0.1) is 6.42 Å². The lowest BCUT2D eigenvalue weighted by molar-refractivity contribution is -0.147. The molecule has 0 aromatic heterocycles. The number of hydrogen-bond donors (Lipinski definition) is 0. The maximum Gasteiger partial charge on any atom is 0.306 e. The fourth-order valence-corrected chi connectivity index (χ4v) is 1.13. The lowest BCUT2D eigenvalue weighted by Crippen LogP contribution is -2.16. The van der Waals surface area contributed by atoms with Crippen LogP contribution < -0.4 is 0 Å². The molecule has 0 spiro atoms. The van der Waals surface area contributed by atoms with Gasteiger partial charge in [0.05, 0.1) is 6.10 Å². The van der Waals surface area contributed by atoms with Gasteiger partial charge in [0, 0.05) is 13.3 Å². The number of carbonyl (C=O) groups is 2. The molecule has 0 saturated heterocycles. The topological polar surface area (TPSA) is 52.6 Å². The minimum absolute atomic E-state index is 0.107. The molecule has 0 unspecified atom stereocenters. The zero-order chi connectivity index (χ0) is 12.6. The highest BCUT2D eigenvalue weighted by atomic mass is 16.5. The summed E-state index contributed by atoms with van der Waals surface area (Å²) >= 11 is 0. The van der Waals surface area contributed by atoms with Crippen molar-refractivity contribution in [1.82, 2.24) is 0 Å². The summed E-state index contributed by atoms with van der Waals surface area (Å²) in [6.45, 7) is 4.89. The Morgan fingerprint density at radius 3 is 2.38 bits per heavy atom. The molecule has 0 N–H and O–H groups in total. The number of ether oxygens (including phenoxy) is 2. The van der Waals surface area contributed by atoms with Gasteiger partial charge in [0.15, 0.2) is 6.10 Å². The van der Waals surface area contributed by atoms with Crippen molar-refractivity contribution >= 4 is 11.9 Å². The third kappa shape index (κ3) is 7.86. The van der Waals surface area contributed by atoms with E-state index in [4.69, 9.17) is 15.9 Å². The molecular weight excluding hydrogens is 208 g/mol. The van der Waals surface area contributed by atoms with Crippen LogP contribution in [0.3, 0.4) is 0 Å². The van der Waals surface area contributed by atoms with Crippen molar-refractivity contribution in [3.63, 3.8) is 0 Å². The minimum Gasteiger partial charge on any atom is -0.463 e. The highest BCUT2D eigenvalue weighted by Crippen LogP contribution is 2.06. The zero-order valence-corrected chi connectivity index (χ0v) is 9.99. The van der Waals surface area contributed by atoms with Gasteiger partial charge in [-0.2, -0.15) is 0 Å². The molecule has 0 rings (SSSR count). The van der Waals surface area contributed by atoms with Crippen LogP contribution in [-0.2, 0) is 19.1 Å². The molecule has 0 aromatic rings. The summed E-state index contributed by atoms with van der Waals surface area (Å²) in [5.41, 5.74) is 0. The van der Waals surface area contributed by atoms with E-state index in [1.54, 1.807) is 13.8 Å². The van der Waals surface area contributed by atoms with Gasteiger partial charge in [-0.3, -0.25) is 9.59 Å². The SMILES string of the molecule is C#C[C@H](CCCC(=O)OC(C)C)OC(C)=O. The Balaban J connectivity index is 3.75. The molecule has 4 heteroatoms. The molecule has 4 nitrogen and oxygen atoms in total. The molecule has 16 heavy (non-hydrogen) atoms. The van der Waals surface area contributed by atoms with Gasteiger partial charge in [-0.05, 0) is 26.7 Å². The van der Waals surface area contributed by atoms with Crippen LogP contribution in [0.5, 0.6) is 0 Å². The van der Waals surface area contributed by atoms with E-state index in [1.165, 1.54) is 6.92 Å². The summed E-state index contributed by atoms with van der Waals surface area (Å²) in [4.78, 5) is 21.8. The van der Waals surface area contributed by atoms with Crippen LogP contribution in [0, 0.1) is 12.3 Å². The minimum atomic E-state index is -0.552. The van der Waals surface area contributed by atoms with Crippen LogP contribution in [0.25, 0.3) is 0 Å². The first-order valence-corrected chi connectivity index (χ1v) is 5.28. The van der Waals surface area contributed by atoms with Crippen molar-refractivity contribution < 1.29 is 19.1 Å². The second-order valence-electron chi connectivity index (χ2n) is 3.70. The molecule has 0 aromatic carbocycles. The van der Waals surface area contributed by atoms with Crippen LogP contribution in [-0.4, -0.2) is 24.1 Å². The molecule has 0 heterocycles. The molecule has 0 aliphatic rings. The Morgan fingerprint density at radius 1 is 1.31 bits per heavy atom. The van der Waals surface area contributed by atoms with Crippen molar-refractivity contribution in [3.8, 4) is 12.3 Å². The highest BCUT2D eigenvalue weighted by Gasteiger charge is 2.10. The predicted octanol–water partition coefficient (Wildman–Crippen LogP) is 1.67. The highest BCUT2D eigenvalue weighted by molar-refractivity contribution is 5.69. The monoisotopic (exact) mass is 226 g/mol. The number of rotatable bonds is 6. The lowest BCUT2D eigenvalue weighted by Gasteiger charge is -2.11. The first-order valence-electron chi connectivity index (χ1n) is 5.28. The molecule has 1 atom stereocenters. The first-order chi connectivity index (χ1) is 7.45. The van der Waals surface area contributed by atoms with E-state index in [0.717, 1.165) is 0 Å². The summed E-state index contributed by atoms with van der Waals surface area (Å²) in [7, 11) is 0. The van der Waals surface area contributed by atoms with Crippen LogP contribution in [0.4, 0.5) is 0 Å². The Labute approximate surface area is 96.3 Å². The molecular formula is C12H18O4. The number of hydrogen-bond acceptors (Lipinski definition) is 4. The first kappa shape index (κ1) is 14.5. The van der Waals surface area contributed by atoms with Crippen molar-refractivity contribution in [1.29, 1.82) is 0 Å². The Kier molecular flexibility index (Phi) is 7.02. The largest absolute Gasteiger partial charge is 0.463 e. The van der Waals surface area contributed by atoms with Crippen molar-refractivity contribution in [2.45, 2.75) is 52.2 Å². The Hall–Kier alpha value is -1.50. The molecule has 0 aliphatic heterocycles. The van der Waals surface area contributed by atoms with Gasteiger partial charge in [-0.25, -0.2) is 0 Å². The van der Waals surface area contributed by atoms with E-state index in [9.17, 15) is 9.59 Å². The van der Waals surface area contributed by atoms with E-state index >= 15 is 0 Å². The third-order valence-corrected chi connectivity index (χ3v) is 1.71. The van der Waals surface area contributed by atoms with E-state index in [-0.39, 0.29) is 18.5 Å². The van der Waals surface area contributed by atoms with Crippen molar-refractivity contribution in [3.05, 3.63) is 0 Å². The van der Waals surface area contributed by atoms with Gasteiger partial charge in [0.25, 0.3) is 0 Å². The summed E-state index contributed by atoms with van der Waals surface area (Å²) < 4.78 is 9.78. The quantitative estimate of drug-likeness (QED) is 0.510. The number of carbonyl (C=O) groups excluding carboxylic acids is 2. The summed E-state index contributed by atoms with van der Waals surface area (Å²) in [5, 5.41) is 0. The molecule has 0 saturated carbocycles. The fraction of sp³-hybridized carbons (Fsp3) is 0.667. The molecule has 0 aliphatic carbocycles. The molecule has 0 amide bonds. The fourth-order valence-electron chi connectivity index (χ4n) is 1.13. The van der Waals surface area contributed by atoms with Crippen molar-refractivity contribution in [2.75, 3.05) is 0 Å². The average Bonchev–Trinajstić information content (AvgIpc) is 2.14. The van der Waals surface area contributed by atoms with Crippen LogP contribution in [0.15, 0.2) is 0 Å². The number of esters is 2. The molecule has 0 radical (unpaired) electrons. The Morgan fingerprint density at radius 2 is 1.94 bits per heavy atom. The van der Waals surface area contributed by atoms with Crippen LogP contribution in [0.1, 0.15) is 40.0 Å². The standard InChI is InChI=1S/C12H18O4/c1-5-11(16-10(4)13)7-6-8-12(14)15-9(2)3/h1,9,11H,6-8H2,2-4H3/t11-/m1/s1. The lowest BCUT2D eigenvalue weighted by atomic mass is 10.1. The van der Waals surface area contributed by atoms with Gasteiger partial charge < -0.3 is 9.47 Å². The molecule has 90 valence electrons. The van der Waals surface area contributed by atoms with E-state index in [0.29, 0.717) is 12.8 Å². The second kappa shape index (κ2) is 7.75.